The fraction of sp³-hybridized carbons (Fsp3) is 0.917. The molecule has 0 fully saturated rings. The maximum absolute atomic E-state index is 11.2. The fourth-order valence-corrected chi connectivity index (χ4v) is 1.92. The summed E-state index contributed by atoms with van der Waals surface area (Å²) in [5, 5.41) is 19.9. The molecule has 0 saturated heterocycles. The van der Waals surface area contributed by atoms with Crippen LogP contribution in [0.25, 0.3) is 0 Å². The van der Waals surface area contributed by atoms with Crippen LogP contribution in [0, 0.1) is 5.41 Å². The third-order valence-electron chi connectivity index (χ3n) is 3.18. The zero-order chi connectivity index (χ0) is 11.7. The van der Waals surface area contributed by atoms with Crippen molar-refractivity contribution in [3.63, 3.8) is 0 Å². The van der Waals surface area contributed by atoms with E-state index in [1.165, 1.54) is 0 Å². The van der Waals surface area contributed by atoms with E-state index < -0.39 is 11.4 Å². The number of carboxylic acid groups (broad SMARTS) is 1. The minimum atomic E-state index is -0.920. The van der Waals surface area contributed by atoms with Crippen molar-refractivity contribution in [3.05, 3.63) is 0 Å². The molecule has 0 amide bonds. The molecule has 0 rings (SSSR count). The van der Waals surface area contributed by atoms with Gasteiger partial charge in [0, 0.05) is 18.0 Å². The first kappa shape index (κ1) is 19.4. The van der Waals surface area contributed by atoms with Crippen molar-refractivity contribution in [2.45, 2.75) is 58.8 Å². The quantitative estimate of drug-likeness (QED) is 0.402. The number of rotatable bonds is 9. The zero-order valence-electron chi connectivity index (χ0n) is 10.9. The Kier molecular flexibility index (Phi) is 13.6. The fourth-order valence-electron chi connectivity index (χ4n) is 1.92. The van der Waals surface area contributed by atoms with E-state index >= 15 is 0 Å². The van der Waals surface area contributed by atoms with Gasteiger partial charge in [0.2, 0.25) is 0 Å². The summed E-state index contributed by atoms with van der Waals surface area (Å²) >= 11 is 0. The van der Waals surface area contributed by atoms with Gasteiger partial charge in [-0.3, -0.25) is 0 Å². The van der Waals surface area contributed by atoms with E-state index in [0.29, 0.717) is 25.7 Å². The van der Waals surface area contributed by atoms with Crippen LogP contribution in [-0.2, 0) is 4.79 Å². The summed E-state index contributed by atoms with van der Waals surface area (Å²) < 4.78 is 0. The monoisotopic (exact) mass is 254 g/mol. The standard InChI is InChI=1S/C12H24O3.K/c1-3-5-8-12(4-2,11(14)15)9-6-7-10-13;/h13H,3-10H2,1-2H3,(H,14,15);/q;+1/p-1. The number of aliphatic hydroxyl groups is 1. The Balaban J connectivity index is 0. The largest absolute Gasteiger partial charge is 1.00 e. The molecule has 0 bridgehead atoms. The third-order valence-corrected chi connectivity index (χ3v) is 3.18. The Morgan fingerprint density at radius 1 is 1.19 bits per heavy atom. The van der Waals surface area contributed by atoms with Gasteiger partial charge in [0.15, 0.2) is 0 Å². The second-order valence-electron chi connectivity index (χ2n) is 4.21. The number of hydrogen-bond donors (Lipinski definition) is 1. The molecule has 1 N–H and O–H groups in total. The van der Waals surface area contributed by atoms with Crippen LogP contribution in [-0.4, -0.2) is 17.7 Å². The van der Waals surface area contributed by atoms with Gasteiger partial charge in [-0.1, -0.05) is 33.1 Å². The molecule has 4 heteroatoms. The van der Waals surface area contributed by atoms with Crippen molar-refractivity contribution in [3.8, 4) is 0 Å². The SMILES string of the molecule is CCCCC(CC)(CCCCO)C(=O)[O-].[K+]. The number of hydrogen-bond acceptors (Lipinski definition) is 3. The number of carboxylic acids is 1. The molecule has 16 heavy (non-hydrogen) atoms. The third kappa shape index (κ3) is 6.72. The maximum Gasteiger partial charge on any atom is 1.00 e. The molecular formula is C12H23KO3. The Morgan fingerprint density at radius 2 is 1.75 bits per heavy atom. The first-order valence-electron chi connectivity index (χ1n) is 5.95. The summed E-state index contributed by atoms with van der Waals surface area (Å²) in [6.07, 6.45) is 5.35. The Labute approximate surface area is 141 Å². The predicted molar refractivity (Wildman–Crippen MR) is 58.2 cm³/mol. The smallest absolute Gasteiger partial charge is 0.550 e. The van der Waals surface area contributed by atoms with Crippen LogP contribution in [0.3, 0.4) is 0 Å². The van der Waals surface area contributed by atoms with Crippen molar-refractivity contribution >= 4 is 5.97 Å². The summed E-state index contributed by atoms with van der Waals surface area (Å²) in [6.45, 7) is 4.11. The molecule has 0 aliphatic carbocycles. The molecule has 0 aromatic heterocycles. The Morgan fingerprint density at radius 3 is 2.12 bits per heavy atom. The average molecular weight is 254 g/mol. The van der Waals surface area contributed by atoms with E-state index in [-0.39, 0.29) is 58.0 Å². The van der Waals surface area contributed by atoms with Crippen LogP contribution >= 0.6 is 0 Å². The molecule has 1 atom stereocenters. The minimum Gasteiger partial charge on any atom is -0.550 e. The van der Waals surface area contributed by atoms with Gasteiger partial charge in [0.05, 0.1) is 0 Å². The summed E-state index contributed by atoms with van der Waals surface area (Å²) in [5.41, 5.74) is -0.662. The van der Waals surface area contributed by atoms with E-state index in [1.807, 2.05) is 6.92 Å². The topological polar surface area (TPSA) is 60.4 Å². The number of aliphatic carboxylic acids is 1. The Bertz CT molecular complexity index is 185. The van der Waals surface area contributed by atoms with E-state index in [2.05, 4.69) is 6.92 Å². The van der Waals surface area contributed by atoms with Gasteiger partial charge in [-0.15, -0.1) is 0 Å². The molecule has 0 aliphatic heterocycles. The van der Waals surface area contributed by atoms with Crippen LogP contribution in [0.1, 0.15) is 58.8 Å². The maximum atomic E-state index is 11.2. The average Bonchev–Trinajstić information content (AvgIpc) is 2.23. The zero-order valence-corrected chi connectivity index (χ0v) is 14.0. The summed E-state index contributed by atoms with van der Waals surface area (Å²) in [4.78, 5) is 11.2. The summed E-state index contributed by atoms with van der Waals surface area (Å²) in [7, 11) is 0. The number of carbonyl (C=O) groups is 1. The molecule has 0 aliphatic rings. The van der Waals surface area contributed by atoms with Gasteiger partial charge in [-0.25, -0.2) is 0 Å². The number of aliphatic hydroxyl groups excluding tert-OH is 1. The van der Waals surface area contributed by atoms with Crippen molar-refractivity contribution in [1.29, 1.82) is 0 Å². The van der Waals surface area contributed by atoms with Crippen LogP contribution < -0.4 is 56.5 Å². The van der Waals surface area contributed by atoms with E-state index in [1.54, 1.807) is 0 Å². The molecule has 0 saturated carbocycles. The normalized spacial score (nSPS) is 13.9. The molecule has 0 aromatic carbocycles. The van der Waals surface area contributed by atoms with Crippen molar-refractivity contribution < 1.29 is 66.4 Å². The van der Waals surface area contributed by atoms with Gasteiger partial charge in [-0.2, -0.15) is 0 Å². The van der Waals surface area contributed by atoms with Crippen LogP contribution in [0.4, 0.5) is 0 Å². The van der Waals surface area contributed by atoms with Gasteiger partial charge in [0.25, 0.3) is 0 Å². The first-order valence-corrected chi connectivity index (χ1v) is 5.95. The molecular weight excluding hydrogens is 231 g/mol. The molecule has 3 nitrogen and oxygen atoms in total. The van der Waals surface area contributed by atoms with Crippen molar-refractivity contribution in [2.24, 2.45) is 5.41 Å². The summed E-state index contributed by atoms with van der Waals surface area (Å²) in [5.74, 6) is -0.920. The van der Waals surface area contributed by atoms with E-state index in [4.69, 9.17) is 5.11 Å². The second kappa shape index (κ2) is 11.2. The van der Waals surface area contributed by atoms with Gasteiger partial charge in [-0.05, 0) is 25.7 Å². The summed E-state index contributed by atoms with van der Waals surface area (Å²) in [6, 6.07) is 0. The molecule has 0 aromatic rings. The van der Waals surface area contributed by atoms with Crippen LogP contribution in [0.2, 0.25) is 0 Å². The van der Waals surface area contributed by atoms with E-state index in [9.17, 15) is 9.90 Å². The first-order chi connectivity index (χ1) is 7.13. The molecule has 90 valence electrons. The Hall–Kier alpha value is 1.07. The van der Waals surface area contributed by atoms with Gasteiger partial charge >= 0.3 is 51.4 Å². The molecule has 1 unspecified atom stereocenters. The minimum absolute atomic E-state index is 0. The number of unbranched alkanes of at least 4 members (excludes halogenated alkanes) is 2. The predicted octanol–water partition coefficient (Wildman–Crippen LogP) is -1.51. The van der Waals surface area contributed by atoms with Gasteiger partial charge in [0.1, 0.15) is 0 Å². The second-order valence-corrected chi connectivity index (χ2v) is 4.21. The molecule has 0 heterocycles. The van der Waals surface area contributed by atoms with Gasteiger partial charge < -0.3 is 15.0 Å². The van der Waals surface area contributed by atoms with Crippen LogP contribution in [0.15, 0.2) is 0 Å². The molecule has 0 radical (unpaired) electrons. The number of carbonyl (C=O) groups excluding carboxylic acids is 1. The van der Waals surface area contributed by atoms with Crippen molar-refractivity contribution in [1.82, 2.24) is 0 Å². The van der Waals surface area contributed by atoms with E-state index in [0.717, 1.165) is 19.3 Å². The van der Waals surface area contributed by atoms with Crippen molar-refractivity contribution in [2.75, 3.05) is 6.61 Å². The van der Waals surface area contributed by atoms with Crippen LogP contribution in [0.5, 0.6) is 0 Å². The molecule has 0 spiro atoms.